The summed E-state index contributed by atoms with van der Waals surface area (Å²) in [4.78, 5) is 11.5. The summed E-state index contributed by atoms with van der Waals surface area (Å²) in [6.07, 6.45) is -10.3. The maximum atomic E-state index is 13.8. The molecule has 0 unspecified atom stereocenters. The van der Waals surface area contributed by atoms with Crippen molar-refractivity contribution in [2.24, 2.45) is 0 Å². The predicted molar refractivity (Wildman–Crippen MR) is 218 cm³/mol. The minimum Gasteiger partial charge on any atom is -0.436 e. The molecule has 2 aromatic heterocycles. The molecule has 10 aromatic rings. The van der Waals surface area contributed by atoms with Crippen LogP contribution in [0.4, 0.5) is 43.4 Å². The maximum absolute atomic E-state index is 13.8. The van der Waals surface area contributed by atoms with E-state index in [4.69, 9.17) is 18.8 Å². The number of halogens is 6. The summed E-state index contributed by atoms with van der Waals surface area (Å²) >= 11 is 0. The number of alkyl halides is 6. The van der Waals surface area contributed by atoms with E-state index in [1.54, 1.807) is 6.07 Å². The van der Waals surface area contributed by atoms with Gasteiger partial charge in [-0.15, -0.1) is 0 Å². The van der Waals surface area contributed by atoms with Crippen molar-refractivity contribution >= 4 is 60.8 Å². The van der Waals surface area contributed by atoms with E-state index >= 15 is 0 Å². The topological polar surface area (TPSA) is 55.3 Å². The molecule has 0 spiro atoms. The number of benzene rings is 8. The summed E-state index contributed by atoms with van der Waals surface area (Å²) in [5.41, 5.74) is 4.48. The second-order valence-corrected chi connectivity index (χ2v) is 14.1. The first kappa shape index (κ1) is 36.0. The molecule has 0 atom stereocenters. The Morgan fingerprint density at radius 3 is 1.29 bits per heavy atom. The number of fused-ring (bicyclic) bond motifs is 4. The third-order valence-electron chi connectivity index (χ3n) is 10.3. The lowest BCUT2D eigenvalue weighted by atomic mass is 9.95. The molecule has 0 saturated heterocycles. The molecule has 0 aliphatic heterocycles. The van der Waals surface area contributed by atoms with Crippen LogP contribution in [-0.2, 0) is 12.4 Å². The van der Waals surface area contributed by atoms with Gasteiger partial charge in [-0.3, -0.25) is 0 Å². The summed E-state index contributed by atoms with van der Waals surface area (Å²) in [5, 5.41) is 1.81. The lowest BCUT2D eigenvalue weighted by Crippen LogP contribution is -2.16. The largest absolute Gasteiger partial charge is 0.436 e. The summed E-state index contributed by atoms with van der Waals surface area (Å²) in [5.74, 6) is 1.00. The van der Waals surface area contributed by atoms with Crippen LogP contribution in [0, 0.1) is 0 Å². The van der Waals surface area contributed by atoms with Crippen LogP contribution in [-0.4, -0.2) is 9.97 Å². The van der Waals surface area contributed by atoms with Crippen LogP contribution in [0.2, 0.25) is 0 Å². The zero-order chi connectivity index (χ0) is 40.5. The molecule has 288 valence electrons. The van der Waals surface area contributed by atoms with Gasteiger partial charge in [0.2, 0.25) is 11.8 Å². The van der Waals surface area contributed by atoms with Gasteiger partial charge in [-0.05, 0) is 118 Å². The van der Waals surface area contributed by atoms with Crippen LogP contribution in [0.25, 0.3) is 77.8 Å². The molecule has 0 fully saturated rings. The van der Waals surface area contributed by atoms with Crippen molar-refractivity contribution in [1.29, 1.82) is 0 Å². The van der Waals surface area contributed by atoms with Crippen LogP contribution < -0.4 is 4.90 Å². The quantitative estimate of drug-likeness (QED) is 0.157. The molecule has 0 amide bonds. The van der Waals surface area contributed by atoms with Gasteiger partial charge in [0.05, 0.1) is 11.1 Å². The van der Waals surface area contributed by atoms with Crippen molar-refractivity contribution in [2.75, 3.05) is 4.90 Å². The van der Waals surface area contributed by atoms with E-state index in [1.165, 1.54) is 12.1 Å². The van der Waals surface area contributed by atoms with Gasteiger partial charge in [-0.2, -0.15) is 26.3 Å². The van der Waals surface area contributed by atoms with E-state index in [1.807, 2.05) is 133 Å². The highest BCUT2D eigenvalue weighted by atomic mass is 19.4. The molecule has 0 aliphatic rings. The number of rotatable bonds is 6. The van der Waals surface area contributed by atoms with Crippen molar-refractivity contribution in [3.63, 3.8) is 0 Å². The van der Waals surface area contributed by atoms with Gasteiger partial charge in [-0.1, -0.05) is 66.7 Å². The van der Waals surface area contributed by atoms with Crippen LogP contribution in [0.1, 0.15) is 11.1 Å². The van der Waals surface area contributed by atoms with E-state index in [0.717, 1.165) is 39.0 Å². The number of hydrogen-bond donors (Lipinski definition) is 0. The Morgan fingerprint density at radius 1 is 0.373 bits per heavy atom. The average molecular weight is 792 g/mol. The number of nitrogens with zero attached hydrogens (tertiary/aromatic N) is 3. The lowest BCUT2D eigenvalue weighted by Gasteiger charge is -2.25. The summed E-state index contributed by atoms with van der Waals surface area (Å²) < 4.78 is 94.6. The van der Waals surface area contributed by atoms with Crippen LogP contribution in [0.3, 0.4) is 0 Å². The van der Waals surface area contributed by atoms with Gasteiger partial charge >= 0.3 is 12.4 Å². The zero-order valence-corrected chi connectivity index (χ0v) is 30.5. The molecule has 0 radical (unpaired) electrons. The number of anilines is 3. The van der Waals surface area contributed by atoms with E-state index in [9.17, 15) is 26.3 Å². The minimum absolute atomic E-state index is 0.0492. The van der Waals surface area contributed by atoms with Crippen molar-refractivity contribution in [1.82, 2.24) is 9.97 Å². The highest BCUT2D eigenvalue weighted by molar-refractivity contribution is 5.96. The normalized spacial score (nSPS) is 12.2. The molecule has 0 saturated carbocycles. The van der Waals surface area contributed by atoms with E-state index in [0.29, 0.717) is 57.2 Å². The Labute approximate surface area is 331 Å². The van der Waals surface area contributed by atoms with Crippen LogP contribution >= 0.6 is 0 Å². The van der Waals surface area contributed by atoms with Crippen molar-refractivity contribution in [3.05, 3.63) is 175 Å². The van der Waals surface area contributed by atoms with E-state index < -0.39 is 23.5 Å². The molecule has 11 heteroatoms. The molecular formula is C48H27F6N3O2. The van der Waals surface area contributed by atoms with Crippen LogP contribution in [0.15, 0.2) is 173 Å². The molecule has 8 aromatic carbocycles. The highest BCUT2D eigenvalue weighted by Gasteiger charge is 2.43. The molecular weight excluding hydrogens is 765 g/mol. The number of hydrogen-bond acceptors (Lipinski definition) is 5. The third-order valence-corrected chi connectivity index (χ3v) is 10.3. The first-order chi connectivity index (χ1) is 28.4. The van der Waals surface area contributed by atoms with Crippen molar-refractivity contribution in [2.45, 2.75) is 12.4 Å². The molecule has 0 aliphatic carbocycles. The van der Waals surface area contributed by atoms with Crippen LogP contribution in [0.5, 0.6) is 0 Å². The molecule has 0 bridgehead atoms. The highest BCUT2D eigenvalue weighted by Crippen LogP contribution is 2.44. The summed E-state index contributed by atoms with van der Waals surface area (Å²) in [7, 11) is 0. The Morgan fingerprint density at radius 2 is 0.780 bits per heavy atom. The van der Waals surface area contributed by atoms with Gasteiger partial charge in [0.1, 0.15) is 11.0 Å². The summed E-state index contributed by atoms with van der Waals surface area (Å²) in [6, 6.07) is 48.1. The first-order valence-electron chi connectivity index (χ1n) is 18.4. The van der Waals surface area contributed by atoms with Crippen molar-refractivity contribution < 1.29 is 35.2 Å². The fourth-order valence-electron chi connectivity index (χ4n) is 7.46. The SMILES string of the molecule is FC(F)(F)c1cc2ccc(-c3ccc4cc(N(c5ccc6nc(-c7ccccc7)oc6c5)c5ccc6nc(-c7ccccc7)oc6c5)ccc4c3)cc2cc1C(F)(F)F. The maximum Gasteiger partial charge on any atom is 0.417 e. The standard InChI is InChI=1S/C48H27F6N3O2/c49-47(50,51)39-24-34-14-12-31(22-35(34)25-40(39)48(52,53)54)30-11-13-33-23-36(16-15-32(33)21-30)57(37-17-19-41-43(26-37)58-45(55-41)28-7-3-1-4-8-28)38-18-20-42-44(27-38)59-46(56-42)29-9-5-2-6-10-29/h1-27H. The monoisotopic (exact) mass is 791 g/mol. The third kappa shape index (κ3) is 6.70. The summed E-state index contributed by atoms with van der Waals surface area (Å²) in [6.45, 7) is 0. The average Bonchev–Trinajstić information content (AvgIpc) is 3.87. The zero-order valence-electron chi connectivity index (χ0n) is 30.5. The molecule has 0 N–H and O–H groups in total. The second-order valence-electron chi connectivity index (χ2n) is 14.1. The van der Waals surface area contributed by atoms with Gasteiger partial charge in [0.15, 0.2) is 11.2 Å². The fraction of sp³-hybridized carbons (Fsp3) is 0.0417. The van der Waals surface area contributed by atoms with Gasteiger partial charge in [-0.25, -0.2) is 9.97 Å². The molecule has 10 rings (SSSR count). The molecule has 2 heterocycles. The minimum atomic E-state index is -5.18. The van der Waals surface area contributed by atoms with Crippen molar-refractivity contribution in [3.8, 4) is 34.0 Å². The Balaban J connectivity index is 1.06. The fourth-order valence-corrected chi connectivity index (χ4v) is 7.46. The van der Waals surface area contributed by atoms with Gasteiger partial charge < -0.3 is 13.7 Å². The van der Waals surface area contributed by atoms with E-state index in [2.05, 4.69) is 4.90 Å². The Hall–Kier alpha value is -7.40. The first-order valence-corrected chi connectivity index (χ1v) is 18.4. The lowest BCUT2D eigenvalue weighted by molar-refractivity contribution is -0.161. The van der Waals surface area contributed by atoms with E-state index in [-0.39, 0.29) is 10.8 Å². The number of oxazole rings is 2. The second kappa shape index (κ2) is 13.6. The Bertz CT molecular complexity index is 3090. The Kier molecular flexibility index (Phi) is 8.31. The smallest absolute Gasteiger partial charge is 0.417 e. The number of aromatic nitrogens is 2. The van der Waals surface area contributed by atoms with Gasteiger partial charge in [0.25, 0.3) is 0 Å². The molecule has 59 heavy (non-hydrogen) atoms. The molecule has 5 nitrogen and oxygen atoms in total. The predicted octanol–water partition coefficient (Wildman–Crippen LogP) is 14.8. The van der Waals surface area contributed by atoms with Gasteiger partial charge in [0, 0.05) is 40.3 Å².